The molecule has 0 amide bonds. The minimum Gasteiger partial charge on any atom is -0.462 e. The van der Waals surface area contributed by atoms with Crippen LogP contribution in [0.15, 0.2) is 0 Å². The van der Waals surface area contributed by atoms with Crippen molar-refractivity contribution in [2.75, 3.05) is 19.8 Å². The van der Waals surface area contributed by atoms with E-state index < -0.39 is 12.6 Å². The zero-order chi connectivity index (χ0) is 15.1. The lowest BCUT2D eigenvalue weighted by atomic mass is 9.46. The van der Waals surface area contributed by atoms with Crippen LogP contribution in [0.3, 0.4) is 0 Å². The Bertz CT molecular complexity index is 366. The number of aliphatic hydroxyl groups is 1. The summed E-state index contributed by atoms with van der Waals surface area (Å²) < 4.78 is 11.0. The van der Waals surface area contributed by atoms with Crippen molar-refractivity contribution in [1.82, 2.24) is 0 Å². The molecule has 4 aliphatic carbocycles. The molecule has 4 fully saturated rings. The van der Waals surface area contributed by atoms with E-state index >= 15 is 0 Å². The van der Waals surface area contributed by atoms with Crippen LogP contribution in [0, 0.1) is 23.2 Å². The van der Waals surface area contributed by atoms with Gasteiger partial charge in [-0.15, -0.1) is 0 Å². The fourth-order valence-electron chi connectivity index (χ4n) is 5.50. The zero-order valence-electron chi connectivity index (χ0n) is 13.3. The number of ether oxygens (including phenoxy) is 2. The number of esters is 1. The van der Waals surface area contributed by atoms with Crippen LogP contribution in [0.5, 0.6) is 0 Å². The van der Waals surface area contributed by atoms with Gasteiger partial charge in [-0.05, 0) is 75.5 Å². The van der Waals surface area contributed by atoms with Gasteiger partial charge in [0.05, 0.1) is 12.2 Å². The van der Waals surface area contributed by atoms with Crippen LogP contribution in [0.25, 0.3) is 0 Å². The van der Waals surface area contributed by atoms with Gasteiger partial charge in [-0.25, -0.2) is 4.79 Å². The maximum atomic E-state index is 10.9. The first-order chi connectivity index (χ1) is 9.94. The Balaban J connectivity index is 1.58. The van der Waals surface area contributed by atoms with Crippen LogP contribution >= 0.6 is 0 Å². The number of rotatable bonds is 6. The Kier molecular flexibility index (Phi) is 4.04. The third-order valence-corrected chi connectivity index (χ3v) is 6.25. The van der Waals surface area contributed by atoms with Gasteiger partial charge in [-0.3, -0.25) is 0 Å². The molecule has 0 atom stereocenters. The normalized spacial score (nSPS) is 37.8. The quantitative estimate of drug-likeness (QED) is 0.604. The Hall–Kier alpha value is -0.610. The lowest BCUT2D eigenvalue weighted by Gasteiger charge is -2.62. The van der Waals surface area contributed by atoms with Crippen molar-refractivity contribution < 1.29 is 19.4 Å². The summed E-state index contributed by atoms with van der Waals surface area (Å²) in [6, 6.07) is 0. The molecule has 0 radical (unpaired) electrons. The fourth-order valence-corrected chi connectivity index (χ4v) is 5.50. The molecule has 1 N–H and O–H groups in total. The zero-order valence-corrected chi connectivity index (χ0v) is 13.3. The minimum atomic E-state index is -0.578. The van der Waals surface area contributed by atoms with E-state index in [0.29, 0.717) is 12.0 Å². The molecule has 4 aliphatic rings. The first-order valence-corrected chi connectivity index (χ1v) is 8.34. The second-order valence-electron chi connectivity index (χ2n) is 7.94. The summed E-state index contributed by atoms with van der Waals surface area (Å²) in [5, 5.41) is 8.63. The van der Waals surface area contributed by atoms with Gasteiger partial charge in [0.1, 0.15) is 13.2 Å². The molecule has 0 aromatic heterocycles. The summed E-state index contributed by atoms with van der Waals surface area (Å²) in [6.07, 6.45) is 8.23. The van der Waals surface area contributed by atoms with Crippen LogP contribution in [0.1, 0.15) is 52.4 Å². The molecule has 4 rings (SSSR count). The van der Waals surface area contributed by atoms with Crippen LogP contribution < -0.4 is 0 Å². The third-order valence-electron chi connectivity index (χ3n) is 6.25. The van der Waals surface area contributed by atoms with Gasteiger partial charge in [0.25, 0.3) is 0 Å². The number of carbonyl (C=O) groups is 1. The number of carbonyl (C=O) groups excluding carboxylic acids is 1. The van der Waals surface area contributed by atoms with Crippen LogP contribution in [0.2, 0.25) is 0 Å². The molecule has 4 saturated carbocycles. The summed E-state index contributed by atoms with van der Waals surface area (Å²) in [5.41, 5.74) is 0.164. The van der Waals surface area contributed by atoms with Gasteiger partial charge in [0.15, 0.2) is 0 Å². The molecule has 0 unspecified atom stereocenters. The van der Waals surface area contributed by atoms with Crippen molar-refractivity contribution in [3.8, 4) is 0 Å². The largest absolute Gasteiger partial charge is 0.462 e. The van der Waals surface area contributed by atoms with Gasteiger partial charge in [-0.2, -0.15) is 0 Å². The van der Waals surface area contributed by atoms with E-state index in [0.717, 1.165) is 17.8 Å². The predicted molar refractivity (Wildman–Crippen MR) is 78.7 cm³/mol. The third kappa shape index (κ3) is 2.85. The lowest BCUT2D eigenvalue weighted by molar-refractivity contribution is -0.193. The number of aliphatic hydroxyl groups excluding tert-OH is 1. The molecule has 0 aromatic carbocycles. The SMILES string of the molecule is CC(C)(OCCOC(=O)CO)C12CC3CC(CC(C3)C1)C2. The molecule has 4 nitrogen and oxygen atoms in total. The van der Waals surface area contributed by atoms with Crippen molar-refractivity contribution in [1.29, 1.82) is 0 Å². The van der Waals surface area contributed by atoms with E-state index in [4.69, 9.17) is 14.6 Å². The lowest BCUT2D eigenvalue weighted by Crippen LogP contribution is -2.57. The van der Waals surface area contributed by atoms with Gasteiger partial charge in [-0.1, -0.05) is 0 Å². The summed E-state index contributed by atoms with van der Waals surface area (Å²) in [4.78, 5) is 10.9. The Morgan fingerprint density at radius 1 is 1.10 bits per heavy atom. The Morgan fingerprint density at radius 2 is 1.62 bits per heavy atom. The summed E-state index contributed by atoms with van der Waals surface area (Å²) in [6.45, 7) is 4.52. The van der Waals surface area contributed by atoms with E-state index in [-0.39, 0.29) is 12.2 Å². The molecular weight excluding hydrogens is 268 g/mol. The topological polar surface area (TPSA) is 55.8 Å². The maximum Gasteiger partial charge on any atom is 0.331 e. The monoisotopic (exact) mass is 296 g/mol. The van der Waals surface area contributed by atoms with Crippen molar-refractivity contribution in [2.45, 2.75) is 58.0 Å². The molecular formula is C17H28O4. The van der Waals surface area contributed by atoms with Gasteiger partial charge in [0, 0.05) is 0 Å². The van der Waals surface area contributed by atoms with E-state index in [1.165, 1.54) is 38.5 Å². The van der Waals surface area contributed by atoms with Crippen LogP contribution in [-0.2, 0) is 14.3 Å². The highest BCUT2D eigenvalue weighted by molar-refractivity contribution is 5.70. The average molecular weight is 296 g/mol. The summed E-state index contributed by atoms with van der Waals surface area (Å²) >= 11 is 0. The van der Waals surface area contributed by atoms with Crippen molar-refractivity contribution in [3.05, 3.63) is 0 Å². The second-order valence-corrected chi connectivity index (χ2v) is 7.94. The first-order valence-electron chi connectivity index (χ1n) is 8.34. The summed E-state index contributed by atoms with van der Waals surface area (Å²) in [5.74, 6) is 2.15. The molecule has 21 heavy (non-hydrogen) atoms. The van der Waals surface area contributed by atoms with E-state index in [2.05, 4.69) is 13.8 Å². The Morgan fingerprint density at radius 3 is 2.10 bits per heavy atom. The van der Waals surface area contributed by atoms with E-state index in [1.807, 2.05) is 0 Å². The predicted octanol–water partition coefficient (Wildman–Crippen LogP) is 2.53. The number of hydrogen-bond donors (Lipinski definition) is 1. The molecule has 4 heteroatoms. The van der Waals surface area contributed by atoms with Crippen molar-refractivity contribution in [2.24, 2.45) is 23.2 Å². The van der Waals surface area contributed by atoms with Crippen molar-refractivity contribution >= 4 is 5.97 Å². The maximum absolute atomic E-state index is 10.9. The van der Waals surface area contributed by atoms with Crippen LogP contribution in [0.4, 0.5) is 0 Å². The van der Waals surface area contributed by atoms with E-state index in [1.54, 1.807) is 0 Å². The molecule has 0 saturated heterocycles. The first kappa shape index (κ1) is 15.3. The van der Waals surface area contributed by atoms with Gasteiger partial charge >= 0.3 is 5.97 Å². The summed E-state index contributed by atoms with van der Waals surface area (Å²) in [7, 11) is 0. The van der Waals surface area contributed by atoms with Crippen molar-refractivity contribution in [3.63, 3.8) is 0 Å². The second kappa shape index (κ2) is 5.54. The molecule has 4 bridgehead atoms. The highest BCUT2D eigenvalue weighted by Crippen LogP contribution is 2.64. The molecule has 0 heterocycles. The smallest absolute Gasteiger partial charge is 0.331 e. The molecule has 0 aromatic rings. The highest BCUT2D eigenvalue weighted by atomic mass is 16.6. The Labute approximate surface area is 127 Å². The van der Waals surface area contributed by atoms with Gasteiger partial charge in [0.2, 0.25) is 0 Å². The number of hydrogen-bond acceptors (Lipinski definition) is 4. The standard InChI is InChI=1S/C17H28O4/c1-16(2,21-4-3-20-15(19)11-18)17-8-12-5-13(9-17)7-14(6-12)10-17/h12-14,18H,3-11H2,1-2H3. The van der Waals surface area contributed by atoms with Gasteiger partial charge < -0.3 is 14.6 Å². The fraction of sp³-hybridized carbons (Fsp3) is 0.941. The van der Waals surface area contributed by atoms with E-state index in [9.17, 15) is 4.79 Å². The van der Waals surface area contributed by atoms with Crippen LogP contribution in [-0.4, -0.2) is 36.5 Å². The molecule has 0 aliphatic heterocycles. The molecule has 120 valence electrons. The highest BCUT2D eigenvalue weighted by Gasteiger charge is 2.57. The minimum absolute atomic E-state index is 0.158. The molecule has 0 spiro atoms. The average Bonchev–Trinajstić information content (AvgIpc) is 2.41.